The molecule has 0 unspecified atom stereocenters. The fraction of sp³-hybridized carbons (Fsp3) is 0.300. The first-order valence-electron chi connectivity index (χ1n) is 9.14. The Labute approximate surface area is 179 Å². The Morgan fingerprint density at radius 2 is 1.97 bits per heavy atom. The predicted molar refractivity (Wildman–Crippen MR) is 113 cm³/mol. The van der Waals surface area contributed by atoms with Crippen molar-refractivity contribution < 1.29 is 22.4 Å². The van der Waals surface area contributed by atoms with Crippen molar-refractivity contribution in [1.82, 2.24) is 4.31 Å². The molecule has 3 rings (SSSR count). The molecule has 1 atom stereocenters. The molecule has 0 fully saturated rings. The minimum Gasteiger partial charge on any atom is -0.325 e. The Balaban J connectivity index is 1.75. The molecule has 1 heterocycles. The Kier molecular flexibility index (Phi) is 6.16. The lowest BCUT2D eigenvalue weighted by Crippen LogP contribution is -2.35. The molecule has 0 saturated heterocycles. The average molecular weight is 454 g/mol. The van der Waals surface area contributed by atoms with Crippen LogP contribution in [0.15, 0.2) is 41.3 Å². The summed E-state index contributed by atoms with van der Waals surface area (Å²) in [6.07, 6.45) is 0.549. The zero-order valence-electron chi connectivity index (χ0n) is 16.6. The van der Waals surface area contributed by atoms with Gasteiger partial charge >= 0.3 is 0 Å². The largest absolute Gasteiger partial charge is 0.325 e. The number of anilines is 2. The molecule has 2 amide bonds. The normalized spacial score (nSPS) is 15.9. The van der Waals surface area contributed by atoms with E-state index in [9.17, 15) is 22.4 Å². The first-order valence-corrected chi connectivity index (χ1v) is 11.0. The van der Waals surface area contributed by atoms with E-state index in [1.165, 1.54) is 38.2 Å². The van der Waals surface area contributed by atoms with Gasteiger partial charge in [-0.3, -0.25) is 9.59 Å². The molecule has 0 radical (unpaired) electrons. The minimum atomic E-state index is -3.94. The van der Waals surface area contributed by atoms with Crippen molar-refractivity contribution in [1.29, 1.82) is 0 Å². The maximum Gasteiger partial charge on any atom is 0.243 e. The molecule has 7 nitrogen and oxygen atoms in total. The van der Waals surface area contributed by atoms with E-state index in [1.807, 2.05) is 6.92 Å². The number of amides is 2. The molecule has 10 heteroatoms. The number of likely N-dealkylation sites (N-methyl/N-ethyl adjacent to an activating group) is 1. The molecule has 0 spiro atoms. The van der Waals surface area contributed by atoms with Gasteiger partial charge in [0.25, 0.3) is 0 Å². The summed E-state index contributed by atoms with van der Waals surface area (Å²) in [7, 11) is -2.64. The summed E-state index contributed by atoms with van der Waals surface area (Å²) in [4.78, 5) is 25.8. The summed E-state index contributed by atoms with van der Waals surface area (Å²) in [6.45, 7) is 2.93. The number of rotatable bonds is 5. The minimum absolute atomic E-state index is 0.0407. The highest BCUT2D eigenvalue weighted by molar-refractivity contribution is 7.89. The number of hydrogen-bond acceptors (Lipinski definition) is 4. The van der Waals surface area contributed by atoms with Crippen LogP contribution in [0.2, 0.25) is 5.02 Å². The molecule has 0 bridgehead atoms. The van der Waals surface area contributed by atoms with Crippen molar-refractivity contribution in [3.8, 4) is 0 Å². The van der Waals surface area contributed by atoms with Crippen LogP contribution in [-0.2, 0) is 26.0 Å². The number of hydrogen-bond donors (Lipinski definition) is 1. The molecule has 160 valence electrons. The van der Waals surface area contributed by atoms with Crippen LogP contribution >= 0.6 is 11.6 Å². The van der Waals surface area contributed by atoms with E-state index in [-0.39, 0.29) is 27.6 Å². The van der Waals surface area contributed by atoms with Gasteiger partial charge < -0.3 is 10.2 Å². The number of sulfonamides is 1. The van der Waals surface area contributed by atoms with Gasteiger partial charge in [-0.1, -0.05) is 11.6 Å². The molecular formula is C20H21ClFN3O4S. The molecule has 1 N–H and O–H groups in total. The molecular weight excluding hydrogens is 433 g/mol. The summed E-state index contributed by atoms with van der Waals surface area (Å²) in [5.74, 6) is -1.32. The Bertz CT molecular complexity index is 1120. The maximum absolute atomic E-state index is 13.2. The average Bonchev–Trinajstić information content (AvgIpc) is 2.99. The Morgan fingerprint density at radius 3 is 2.60 bits per heavy atom. The van der Waals surface area contributed by atoms with Gasteiger partial charge in [0.2, 0.25) is 21.8 Å². The molecule has 2 aromatic carbocycles. The zero-order chi connectivity index (χ0) is 22.2. The van der Waals surface area contributed by atoms with Crippen molar-refractivity contribution >= 4 is 44.8 Å². The number of benzene rings is 2. The number of carbonyl (C=O) groups excluding carboxylic acids is 2. The lowest BCUT2D eigenvalue weighted by atomic mass is 10.1. The van der Waals surface area contributed by atoms with E-state index in [1.54, 1.807) is 11.0 Å². The number of halogens is 2. The van der Waals surface area contributed by atoms with E-state index >= 15 is 0 Å². The van der Waals surface area contributed by atoms with E-state index in [2.05, 4.69) is 5.32 Å². The highest BCUT2D eigenvalue weighted by Gasteiger charge is 2.31. The molecule has 0 aliphatic carbocycles. The summed E-state index contributed by atoms with van der Waals surface area (Å²) in [5.41, 5.74) is 1.72. The second-order valence-corrected chi connectivity index (χ2v) is 9.62. The number of fused-ring (bicyclic) bond motifs is 1. The third-order valence-corrected chi connectivity index (χ3v) is 6.97. The summed E-state index contributed by atoms with van der Waals surface area (Å²) < 4.78 is 40.0. The van der Waals surface area contributed by atoms with E-state index < -0.39 is 28.3 Å². The van der Waals surface area contributed by atoms with Gasteiger partial charge in [-0.2, -0.15) is 4.31 Å². The maximum atomic E-state index is 13.2. The van der Waals surface area contributed by atoms with Crippen LogP contribution in [0.4, 0.5) is 15.8 Å². The standard InChI is InChI=1S/C20H21ClFN3O4S/c1-12-8-14-9-16(5-7-19(14)25(12)13(2)26)30(28,29)24(3)11-20(27)23-15-4-6-18(22)17(21)10-15/h4-7,9-10,12H,8,11H2,1-3H3,(H,23,27)/t12-/m0/s1. The van der Waals surface area contributed by atoms with Crippen molar-refractivity contribution in [3.63, 3.8) is 0 Å². The molecule has 1 aliphatic rings. The van der Waals surface area contributed by atoms with Crippen molar-refractivity contribution in [2.45, 2.75) is 31.2 Å². The highest BCUT2D eigenvalue weighted by Crippen LogP contribution is 2.34. The summed E-state index contributed by atoms with van der Waals surface area (Å²) in [5, 5.41) is 2.34. The van der Waals surface area contributed by atoms with Gasteiger partial charge in [-0.15, -0.1) is 0 Å². The van der Waals surface area contributed by atoms with Gasteiger partial charge in [-0.05, 0) is 55.3 Å². The predicted octanol–water partition coefficient (Wildman–Crippen LogP) is 3.04. The monoisotopic (exact) mass is 453 g/mol. The van der Waals surface area contributed by atoms with Crippen LogP contribution in [0, 0.1) is 5.82 Å². The third kappa shape index (κ3) is 4.33. The third-order valence-electron chi connectivity index (χ3n) is 4.88. The van der Waals surface area contributed by atoms with Gasteiger partial charge in [0.1, 0.15) is 5.82 Å². The summed E-state index contributed by atoms with van der Waals surface area (Å²) >= 11 is 5.68. The van der Waals surface area contributed by atoms with E-state index in [0.717, 1.165) is 15.9 Å². The van der Waals surface area contributed by atoms with Crippen molar-refractivity contribution in [3.05, 3.63) is 52.8 Å². The fourth-order valence-corrected chi connectivity index (χ4v) is 4.85. The van der Waals surface area contributed by atoms with Crippen LogP contribution < -0.4 is 10.2 Å². The van der Waals surface area contributed by atoms with Crippen LogP contribution in [0.1, 0.15) is 19.4 Å². The van der Waals surface area contributed by atoms with E-state index in [0.29, 0.717) is 12.1 Å². The molecule has 2 aromatic rings. The second-order valence-electron chi connectivity index (χ2n) is 7.17. The van der Waals surface area contributed by atoms with Crippen molar-refractivity contribution in [2.24, 2.45) is 0 Å². The van der Waals surface area contributed by atoms with Gasteiger partial charge in [0, 0.05) is 31.4 Å². The summed E-state index contributed by atoms with van der Waals surface area (Å²) in [6, 6.07) is 8.20. The van der Waals surface area contributed by atoms with Crippen molar-refractivity contribution in [2.75, 3.05) is 23.8 Å². The Hall–Kier alpha value is -2.49. The quantitative estimate of drug-likeness (QED) is 0.753. The van der Waals surface area contributed by atoms with Crippen LogP contribution in [0.5, 0.6) is 0 Å². The topological polar surface area (TPSA) is 86.8 Å². The molecule has 1 aliphatic heterocycles. The van der Waals surface area contributed by atoms with Crippen LogP contribution in [0.25, 0.3) is 0 Å². The zero-order valence-corrected chi connectivity index (χ0v) is 18.2. The first-order chi connectivity index (χ1) is 14.0. The van der Waals surface area contributed by atoms with Gasteiger partial charge in [-0.25, -0.2) is 12.8 Å². The molecule has 0 aromatic heterocycles. The molecule has 30 heavy (non-hydrogen) atoms. The molecule has 0 saturated carbocycles. The Morgan fingerprint density at radius 1 is 1.27 bits per heavy atom. The van der Waals surface area contributed by atoms with Crippen LogP contribution in [0.3, 0.4) is 0 Å². The smallest absolute Gasteiger partial charge is 0.243 e. The SMILES string of the molecule is CC(=O)N1c2ccc(S(=O)(=O)N(C)CC(=O)Nc3ccc(F)c(Cl)c3)cc2C[C@@H]1C. The van der Waals surface area contributed by atoms with Gasteiger partial charge in [0.05, 0.1) is 16.5 Å². The number of carbonyl (C=O) groups is 2. The second kappa shape index (κ2) is 8.33. The first kappa shape index (κ1) is 22.2. The van der Waals surface area contributed by atoms with Crippen LogP contribution in [-0.4, -0.2) is 44.2 Å². The fourth-order valence-electron chi connectivity index (χ4n) is 3.49. The number of nitrogens with zero attached hydrogens (tertiary/aromatic N) is 2. The number of nitrogens with one attached hydrogen (secondary N) is 1. The lowest BCUT2D eigenvalue weighted by Gasteiger charge is -2.21. The lowest BCUT2D eigenvalue weighted by molar-refractivity contribution is -0.117. The highest BCUT2D eigenvalue weighted by atomic mass is 35.5. The van der Waals surface area contributed by atoms with Gasteiger partial charge in [0.15, 0.2) is 0 Å². The van der Waals surface area contributed by atoms with E-state index in [4.69, 9.17) is 11.6 Å².